The van der Waals surface area contributed by atoms with Crippen LogP contribution in [0.5, 0.6) is 0 Å². The maximum atomic E-state index is 11.3. The number of nitrogens with zero attached hydrogens (tertiary/aromatic N) is 2. The lowest BCUT2D eigenvalue weighted by atomic mass is 10.1. The van der Waals surface area contributed by atoms with Gasteiger partial charge in [-0.05, 0) is 40.9 Å². The maximum Gasteiger partial charge on any atom is 0.337 e. The highest BCUT2D eigenvalue weighted by molar-refractivity contribution is 7.17. The standard InChI is InChI=1S/C23H18N4O2S/c28-23(29)18-12-25-20-10-15(2-3-17(18)20)19-11-22(27-13-26-19)24-7-5-14-1-4-21-16(9-14)6-8-30-21/h1-4,6,8-13,25H,5,7H2,(H,28,29)(H,24,26,27). The second-order valence-electron chi connectivity index (χ2n) is 7.03. The molecule has 5 aromatic rings. The Kier molecular flexibility index (Phi) is 4.65. The van der Waals surface area contributed by atoms with Crippen molar-refractivity contribution in [3.8, 4) is 11.3 Å². The summed E-state index contributed by atoms with van der Waals surface area (Å²) in [7, 11) is 0. The molecule has 0 aliphatic carbocycles. The number of aromatic nitrogens is 3. The minimum Gasteiger partial charge on any atom is -0.478 e. The molecule has 148 valence electrons. The molecule has 3 aromatic heterocycles. The fourth-order valence-corrected chi connectivity index (χ4v) is 4.35. The number of fused-ring (bicyclic) bond motifs is 2. The van der Waals surface area contributed by atoms with Gasteiger partial charge in [-0.1, -0.05) is 24.3 Å². The minimum absolute atomic E-state index is 0.266. The molecule has 0 bridgehead atoms. The Labute approximate surface area is 176 Å². The number of hydrogen-bond acceptors (Lipinski definition) is 5. The lowest BCUT2D eigenvalue weighted by Crippen LogP contribution is -2.06. The van der Waals surface area contributed by atoms with Crippen molar-refractivity contribution in [3.63, 3.8) is 0 Å². The summed E-state index contributed by atoms with van der Waals surface area (Å²) in [6.45, 7) is 0.768. The van der Waals surface area contributed by atoms with Crippen LogP contribution in [-0.4, -0.2) is 32.6 Å². The highest BCUT2D eigenvalue weighted by atomic mass is 32.1. The quantitative estimate of drug-likeness (QED) is 0.356. The van der Waals surface area contributed by atoms with Crippen LogP contribution in [0.2, 0.25) is 0 Å². The van der Waals surface area contributed by atoms with E-state index in [0.29, 0.717) is 5.39 Å². The van der Waals surface area contributed by atoms with E-state index in [1.807, 2.05) is 18.2 Å². The molecule has 0 atom stereocenters. The molecule has 0 saturated carbocycles. The molecule has 3 heterocycles. The van der Waals surface area contributed by atoms with Crippen LogP contribution in [0, 0.1) is 0 Å². The number of carbonyl (C=O) groups is 1. The molecule has 0 radical (unpaired) electrons. The molecule has 6 nitrogen and oxygen atoms in total. The van der Waals surface area contributed by atoms with Crippen LogP contribution in [0.3, 0.4) is 0 Å². The van der Waals surface area contributed by atoms with E-state index in [2.05, 4.69) is 49.9 Å². The fraction of sp³-hybridized carbons (Fsp3) is 0.0870. The third kappa shape index (κ3) is 3.51. The van der Waals surface area contributed by atoms with E-state index in [-0.39, 0.29) is 5.56 Å². The van der Waals surface area contributed by atoms with Gasteiger partial charge in [-0.15, -0.1) is 11.3 Å². The second-order valence-corrected chi connectivity index (χ2v) is 7.97. The number of hydrogen-bond donors (Lipinski definition) is 3. The number of rotatable bonds is 6. The van der Waals surface area contributed by atoms with Gasteiger partial charge >= 0.3 is 5.97 Å². The van der Waals surface area contributed by atoms with E-state index >= 15 is 0 Å². The van der Waals surface area contributed by atoms with Crippen molar-refractivity contribution in [3.05, 3.63) is 77.6 Å². The summed E-state index contributed by atoms with van der Waals surface area (Å²) < 4.78 is 1.31. The Balaban J connectivity index is 1.31. The zero-order chi connectivity index (χ0) is 20.5. The van der Waals surface area contributed by atoms with Gasteiger partial charge in [0, 0.05) is 40.0 Å². The molecule has 30 heavy (non-hydrogen) atoms. The number of carboxylic acid groups (broad SMARTS) is 1. The van der Waals surface area contributed by atoms with Crippen LogP contribution >= 0.6 is 11.3 Å². The van der Waals surface area contributed by atoms with Gasteiger partial charge in [0.15, 0.2) is 0 Å². The Morgan fingerprint density at radius 2 is 2.03 bits per heavy atom. The molecular weight excluding hydrogens is 396 g/mol. The zero-order valence-electron chi connectivity index (χ0n) is 15.9. The molecule has 5 rings (SSSR count). The maximum absolute atomic E-state index is 11.3. The van der Waals surface area contributed by atoms with Crippen LogP contribution in [0.1, 0.15) is 15.9 Å². The second kappa shape index (κ2) is 7.61. The van der Waals surface area contributed by atoms with E-state index in [4.69, 9.17) is 0 Å². The smallest absolute Gasteiger partial charge is 0.337 e. The number of aromatic carboxylic acids is 1. The third-order valence-electron chi connectivity index (χ3n) is 5.11. The summed E-state index contributed by atoms with van der Waals surface area (Å²) in [6, 6.07) is 16.2. The number of carboxylic acids is 1. The van der Waals surface area contributed by atoms with Crippen molar-refractivity contribution in [1.29, 1.82) is 0 Å². The average Bonchev–Trinajstić information content (AvgIpc) is 3.40. The molecule has 0 amide bonds. The Hall–Kier alpha value is -3.71. The van der Waals surface area contributed by atoms with Crippen molar-refractivity contribution < 1.29 is 9.90 Å². The van der Waals surface area contributed by atoms with E-state index in [9.17, 15) is 9.90 Å². The summed E-state index contributed by atoms with van der Waals surface area (Å²) in [5.41, 5.74) is 3.99. The Bertz CT molecular complexity index is 1370. The molecule has 0 fully saturated rings. The van der Waals surface area contributed by atoms with Gasteiger partial charge in [0.2, 0.25) is 0 Å². The van der Waals surface area contributed by atoms with Crippen molar-refractivity contribution >= 4 is 44.1 Å². The predicted octanol–water partition coefficient (Wildman–Crippen LogP) is 5.19. The summed E-state index contributed by atoms with van der Waals surface area (Å²) in [6.07, 6.45) is 3.95. The van der Waals surface area contributed by atoms with Crippen LogP contribution < -0.4 is 5.32 Å². The SMILES string of the molecule is O=C(O)c1c[nH]c2cc(-c3cc(NCCc4ccc5sccc5c4)ncn3)ccc12. The molecule has 0 spiro atoms. The van der Waals surface area contributed by atoms with Gasteiger partial charge < -0.3 is 15.4 Å². The third-order valence-corrected chi connectivity index (χ3v) is 6.01. The van der Waals surface area contributed by atoms with Gasteiger partial charge in [-0.25, -0.2) is 14.8 Å². The molecule has 3 N–H and O–H groups in total. The van der Waals surface area contributed by atoms with Crippen LogP contribution in [0.4, 0.5) is 5.82 Å². The van der Waals surface area contributed by atoms with Crippen molar-refractivity contribution in [2.24, 2.45) is 0 Å². The lowest BCUT2D eigenvalue weighted by Gasteiger charge is -2.08. The first-order valence-corrected chi connectivity index (χ1v) is 10.4. The van der Waals surface area contributed by atoms with E-state index in [1.54, 1.807) is 17.4 Å². The minimum atomic E-state index is -0.944. The molecule has 7 heteroatoms. The van der Waals surface area contributed by atoms with Gasteiger partial charge in [-0.3, -0.25) is 0 Å². The fourth-order valence-electron chi connectivity index (χ4n) is 3.58. The molecule has 0 aliphatic rings. The van der Waals surface area contributed by atoms with Crippen LogP contribution in [0.15, 0.2) is 66.4 Å². The van der Waals surface area contributed by atoms with Gasteiger partial charge in [-0.2, -0.15) is 0 Å². The summed E-state index contributed by atoms with van der Waals surface area (Å²) in [5.74, 6) is -0.185. The number of aromatic amines is 1. The largest absolute Gasteiger partial charge is 0.478 e. The Morgan fingerprint density at radius 1 is 1.10 bits per heavy atom. The monoisotopic (exact) mass is 414 g/mol. The van der Waals surface area contributed by atoms with E-state index < -0.39 is 5.97 Å². The van der Waals surface area contributed by atoms with Crippen LogP contribution in [0.25, 0.3) is 32.2 Å². The molecule has 2 aromatic carbocycles. The highest BCUT2D eigenvalue weighted by Gasteiger charge is 2.11. The van der Waals surface area contributed by atoms with Crippen LogP contribution in [-0.2, 0) is 6.42 Å². The topological polar surface area (TPSA) is 90.9 Å². The lowest BCUT2D eigenvalue weighted by molar-refractivity contribution is 0.0699. The number of thiophene rings is 1. The summed E-state index contributed by atoms with van der Waals surface area (Å²) >= 11 is 1.76. The first-order valence-electron chi connectivity index (χ1n) is 9.54. The summed E-state index contributed by atoms with van der Waals surface area (Å²) in [5, 5.41) is 16.7. The zero-order valence-corrected chi connectivity index (χ0v) is 16.7. The first-order chi connectivity index (χ1) is 14.7. The van der Waals surface area contributed by atoms with Crippen molar-refractivity contribution in [2.75, 3.05) is 11.9 Å². The summed E-state index contributed by atoms with van der Waals surface area (Å²) in [4.78, 5) is 23.0. The van der Waals surface area contributed by atoms with Gasteiger partial charge in [0.05, 0.1) is 11.3 Å². The number of nitrogens with one attached hydrogen (secondary N) is 2. The molecule has 0 aliphatic heterocycles. The Morgan fingerprint density at radius 3 is 2.93 bits per heavy atom. The first kappa shape index (κ1) is 18.3. The van der Waals surface area contributed by atoms with Crippen molar-refractivity contribution in [1.82, 2.24) is 15.0 Å². The highest BCUT2D eigenvalue weighted by Crippen LogP contribution is 2.26. The average molecular weight is 414 g/mol. The predicted molar refractivity (Wildman–Crippen MR) is 120 cm³/mol. The number of H-pyrrole nitrogens is 1. The number of anilines is 1. The molecule has 0 unspecified atom stereocenters. The molecule has 0 saturated heterocycles. The van der Waals surface area contributed by atoms with Gasteiger partial charge in [0.25, 0.3) is 0 Å². The van der Waals surface area contributed by atoms with Gasteiger partial charge in [0.1, 0.15) is 12.1 Å². The van der Waals surface area contributed by atoms with E-state index in [0.717, 1.165) is 35.6 Å². The number of benzene rings is 2. The van der Waals surface area contributed by atoms with Crippen molar-refractivity contribution in [2.45, 2.75) is 6.42 Å². The van der Waals surface area contributed by atoms with E-state index in [1.165, 1.54) is 28.2 Å². The normalized spacial score (nSPS) is 11.2. The molecular formula is C23H18N4O2S.